The molecule has 2 aromatic rings. The summed E-state index contributed by atoms with van der Waals surface area (Å²) in [4.78, 5) is 1.24. The van der Waals surface area contributed by atoms with Gasteiger partial charge in [-0.25, -0.2) is 4.39 Å². The first-order valence-corrected chi connectivity index (χ1v) is 8.04. The van der Waals surface area contributed by atoms with Crippen molar-refractivity contribution in [3.05, 3.63) is 59.4 Å². The van der Waals surface area contributed by atoms with Crippen LogP contribution in [0.3, 0.4) is 0 Å². The number of halogens is 1. The Bertz CT molecular complexity index is 632. The maximum Gasteiger partial charge on any atom is 0.123 e. The van der Waals surface area contributed by atoms with E-state index >= 15 is 0 Å². The average molecular weight is 303 g/mol. The van der Waals surface area contributed by atoms with Crippen molar-refractivity contribution in [3.8, 4) is 5.75 Å². The van der Waals surface area contributed by atoms with Gasteiger partial charge in [0.25, 0.3) is 0 Å². The minimum atomic E-state index is -0.189. The largest absolute Gasteiger partial charge is 0.489 e. The molecule has 0 aromatic heterocycles. The lowest BCUT2D eigenvalue weighted by molar-refractivity contribution is 0.259. The summed E-state index contributed by atoms with van der Waals surface area (Å²) in [6.45, 7) is 0.874. The number of nitrogens with one attached hydrogen (secondary N) is 1. The fourth-order valence-corrected chi connectivity index (χ4v) is 3.49. The maximum absolute atomic E-state index is 13.2. The van der Waals surface area contributed by atoms with E-state index in [9.17, 15) is 4.39 Å². The van der Waals surface area contributed by atoms with E-state index in [-0.39, 0.29) is 11.9 Å². The molecule has 1 N–H and O–H groups in total. The highest BCUT2D eigenvalue weighted by Crippen LogP contribution is 2.32. The van der Waals surface area contributed by atoms with Crippen molar-refractivity contribution in [3.63, 3.8) is 0 Å². The number of fused-ring (bicyclic) bond motifs is 1. The van der Waals surface area contributed by atoms with Crippen molar-refractivity contribution in [2.45, 2.75) is 24.0 Å². The second kappa shape index (κ2) is 6.50. The monoisotopic (exact) mass is 303 g/mol. The Hall–Kier alpha value is -1.52. The Balaban J connectivity index is 1.58. The molecule has 0 spiro atoms. The molecule has 0 radical (unpaired) electrons. The highest BCUT2D eigenvalue weighted by atomic mass is 32.2. The van der Waals surface area contributed by atoms with Gasteiger partial charge in [-0.1, -0.05) is 12.1 Å². The standard InChI is InChI=1S/C17H18FNOS/c1-19-10-12-3-2-4-16(7-12)21-11-15-9-13-8-14(18)5-6-17(13)20-15/h2-8,15,19H,9-11H2,1H3. The SMILES string of the molecule is CNCc1cccc(SCC2Cc3cc(F)ccc3O2)c1. The van der Waals surface area contributed by atoms with Crippen LogP contribution in [0, 0.1) is 5.82 Å². The Labute approximate surface area is 128 Å². The molecule has 2 nitrogen and oxygen atoms in total. The van der Waals surface area contributed by atoms with Gasteiger partial charge in [-0.3, -0.25) is 0 Å². The van der Waals surface area contributed by atoms with Crippen LogP contribution in [0.5, 0.6) is 5.75 Å². The first-order chi connectivity index (χ1) is 10.2. The van der Waals surface area contributed by atoms with E-state index in [1.165, 1.54) is 16.5 Å². The summed E-state index contributed by atoms with van der Waals surface area (Å²) >= 11 is 1.79. The van der Waals surface area contributed by atoms with E-state index in [4.69, 9.17) is 4.74 Å². The van der Waals surface area contributed by atoms with Gasteiger partial charge in [0.1, 0.15) is 17.7 Å². The molecule has 1 atom stereocenters. The predicted octanol–water partition coefficient (Wildman–Crippen LogP) is 3.64. The van der Waals surface area contributed by atoms with E-state index in [0.717, 1.165) is 30.0 Å². The van der Waals surface area contributed by atoms with E-state index in [1.807, 2.05) is 7.05 Å². The van der Waals surface area contributed by atoms with Crippen LogP contribution in [0.15, 0.2) is 47.4 Å². The number of hydrogen-bond acceptors (Lipinski definition) is 3. The predicted molar refractivity (Wildman–Crippen MR) is 84.4 cm³/mol. The zero-order chi connectivity index (χ0) is 14.7. The first-order valence-electron chi connectivity index (χ1n) is 7.06. The molecule has 21 heavy (non-hydrogen) atoms. The zero-order valence-electron chi connectivity index (χ0n) is 11.9. The summed E-state index contributed by atoms with van der Waals surface area (Å²) in [5.74, 6) is 1.51. The number of hydrogen-bond donors (Lipinski definition) is 1. The van der Waals surface area contributed by atoms with Gasteiger partial charge in [0.15, 0.2) is 0 Å². The van der Waals surface area contributed by atoms with Gasteiger partial charge in [-0.05, 0) is 42.9 Å². The quantitative estimate of drug-likeness (QED) is 0.852. The van der Waals surface area contributed by atoms with Crippen LogP contribution in [-0.4, -0.2) is 18.9 Å². The summed E-state index contributed by atoms with van der Waals surface area (Å²) in [6, 6.07) is 13.3. The van der Waals surface area contributed by atoms with Crippen molar-refractivity contribution in [2.75, 3.05) is 12.8 Å². The number of ether oxygens (including phenoxy) is 1. The summed E-state index contributed by atoms with van der Waals surface area (Å²) in [6.07, 6.45) is 0.913. The summed E-state index contributed by atoms with van der Waals surface area (Å²) in [5, 5.41) is 3.16. The summed E-state index contributed by atoms with van der Waals surface area (Å²) in [5.41, 5.74) is 2.25. The molecule has 3 rings (SSSR count). The molecule has 1 aliphatic rings. The second-order valence-corrected chi connectivity index (χ2v) is 6.28. The van der Waals surface area contributed by atoms with Crippen LogP contribution in [0.4, 0.5) is 4.39 Å². The van der Waals surface area contributed by atoms with E-state index < -0.39 is 0 Å². The van der Waals surface area contributed by atoms with Crippen molar-refractivity contribution in [2.24, 2.45) is 0 Å². The molecule has 2 aromatic carbocycles. The molecule has 1 heterocycles. The van der Waals surface area contributed by atoms with Crippen molar-refractivity contribution >= 4 is 11.8 Å². The van der Waals surface area contributed by atoms with Gasteiger partial charge >= 0.3 is 0 Å². The van der Waals surface area contributed by atoms with E-state index in [0.29, 0.717) is 0 Å². The van der Waals surface area contributed by atoms with Crippen molar-refractivity contribution < 1.29 is 9.13 Å². The molecule has 0 saturated carbocycles. The van der Waals surface area contributed by atoms with Crippen LogP contribution in [0.2, 0.25) is 0 Å². The smallest absolute Gasteiger partial charge is 0.123 e. The van der Waals surface area contributed by atoms with E-state index in [2.05, 4.69) is 29.6 Å². The molecular formula is C17H18FNOS. The van der Waals surface area contributed by atoms with Gasteiger partial charge in [-0.15, -0.1) is 11.8 Å². The number of rotatable bonds is 5. The molecule has 4 heteroatoms. The van der Waals surface area contributed by atoms with Crippen LogP contribution in [-0.2, 0) is 13.0 Å². The second-order valence-electron chi connectivity index (χ2n) is 5.18. The van der Waals surface area contributed by atoms with E-state index in [1.54, 1.807) is 23.9 Å². The van der Waals surface area contributed by atoms with Gasteiger partial charge in [-0.2, -0.15) is 0 Å². The fraction of sp³-hybridized carbons (Fsp3) is 0.294. The van der Waals surface area contributed by atoms with Crippen LogP contribution >= 0.6 is 11.8 Å². The average Bonchev–Trinajstić information content (AvgIpc) is 2.88. The van der Waals surface area contributed by atoms with Gasteiger partial charge in [0, 0.05) is 29.2 Å². The Kier molecular flexibility index (Phi) is 4.46. The Morgan fingerprint density at radius 3 is 3.05 bits per heavy atom. The van der Waals surface area contributed by atoms with Gasteiger partial charge in [0.05, 0.1) is 0 Å². The summed E-state index contributed by atoms with van der Waals surface area (Å²) < 4.78 is 19.1. The molecule has 110 valence electrons. The number of thioether (sulfide) groups is 1. The van der Waals surface area contributed by atoms with Crippen LogP contribution < -0.4 is 10.1 Å². The van der Waals surface area contributed by atoms with Crippen LogP contribution in [0.1, 0.15) is 11.1 Å². The van der Waals surface area contributed by atoms with Crippen LogP contribution in [0.25, 0.3) is 0 Å². The normalized spacial score (nSPS) is 16.6. The van der Waals surface area contributed by atoms with Gasteiger partial charge < -0.3 is 10.1 Å². The zero-order valence-corrected chi connectivity index (χ0v) is 12.8. The minimum absolute atomic E-state index is 0.125. The topological polar surface area (TPSA) is 21.3 Å². The lowest BCUT2D eigenvalue weighted by Crippen LogP contribution is -2.15. The Morgan fingerprint density at radius 2 is 2.19 bits per heavy atom. The highest BCUT2D eigenvalue weighted by Gasteiger charge is 2.23. The fourth-order valence-electron chi connectivity index (χ4n) is 2.52. The molecular weight excluding hydrogens is 285 g/mol. The first kappa shape index (κ1) is 14.4. The molecule has 0 amide bonds. The lowest BCUT2D eigenvalue weighted by Gasteiger charge is -2.10. The molecule has 0 bridgehead atoms. The van der Waals surface area contributed by atoms with Crippen molar-refractivity contribution in [1.29, 1.82) is 0 Å². The highest BCUT2D eigenvalue weighted by molar-refractivity contribution is 7.99. The third-order valence-corrected chi connectivity index (χ3v) is 4.60. The lowest BCUT2D eigenvalue weighted by atomic mass is 10.1. The Morgan fingerprint density at radius 1 is 1.29 bits per heavy atom. The third kappa shape index (κ3) is 3.57. The maximum atomic E-state index is 13.2. The van der Waals surface area contributed by atoms with Crippen molar-refractivity contribution in [1.82, 2.24) is 5.32 Å². The van der Waals surface area contributed by atoms with Gasteiger partial charge in [0.2, 0.25) is 0 Å². The molecule has 0 fully saturated rings. The third-order valence-electron chi connectivity index (χ3n) is 3.48. The summed E-state index contributed by atoms with van der Waals surface area (Å²) in [7, 11) is 1.95. The molecule has 1 unspecified atom stereocenters. The number of benzene rings is 2. The minimum Gasteiger partial charge on any atom is -0.489 e. The molecule has 0 saturated heterocycles. The molecule has 0 aliphatic carbocycles. The molecule has 1 aliphatic heterocycles.